The number of ether oxygens (including phenoxy) is 1. The van der Waals surface area contributed by atoms with Crippen molar-refractivity contribution in [3.63, 3.8) is 0 Å². The van der Waals surface area contributed by atoms with Gasteiger partial charge in [0.05, 0.1) is 24.0 Å². The Balaban J connectivity index is 1.37. The zero-order chi connectivity index (χ0) is 26.2. The molecular weight excluding hydrogens is 524 g/mol. The summed E-state index contributed by atoms with van der Waals surface area (Å²) < 4.78 is 34.2. The summed E-state index contributed by atoms with van der Waals surface area (Å²) in [5, 5.41) is 13.2. The summed E-state index contributed by atoms with van der Waals surface area (Å²) in [7, 11) is -4.29. The number of anilines is 1. The van der Waals surface area contributed by atoms with Crippen LogP contribution in [-0.2, 0) is 15.6 Å². The lowest BCUT2D eigenvalue weighted by molar-refractivity contribution is -0.0226. The van der Waals surface area contributed by atoms with Crippen LogP contribution in [0.4, 0.5) is 10.1 Å². The van der Waals surface area contributed by atoms with Crippen molar-refractivity contribution in [2.75, 3.05) is 11.9 Å². The van der Waals surface area contributed by atoms with Gasteiger partial charge in [-0.1, -0.05) is 0 Å². The largest absolute Gasteiger partial charge is 0.378 e. The van der Waals surface area contributed by atoms with Crippen LogP contribution in [0.25, 0.3) is 22.0 Å². The van der Waals surface area contributed by atoms with Crippen LogP contribution in [0.5, 0.6) is 0 Å². The summed E-state index contributed by atoms with van der Waals surface area (Å²) >= 11 is 1.18. The number of pyridine rings is 1. The van der Waals surface area contributed by atoms with Gasteiger partial charge < -0.3 is 19.8 Å². The monoisotopic (exact) mass is 547 g/mol. The van der Waals surface area contributed by atoms with E-state index in [1.165, 1.54) is 42.1 Å². The predicted molar refractivity (Wildman–Crippen MR) is 132 cm³/mol. The number of nitrogens with one attached hydrogen (secondary N) is 1. The quantitative estimate of drug-likeness (QED) is 0.267. The van der Waals surface area contributed by atoms with E-state index in [1.807, 2.05) is 6.92 Å². The van der Waals surface area contributed by atoms with Gasteiger partial charge in [-0.3, -0.25) is 23.7 Å². The van der Waals surface area contributed by atoms with E-state index < -0.39 is 25.6 Å². The number of hydrogen-bond donors (Lipinski definition) is 3. The number of carbonyl (C=O) groups excluding carboxylic acids is 1. The second-order valence-corrected chi connectivity index (χ2v) is 10.9. The molecule has 12 nitrogen and oxygen atoms in total. The molecule has 0 bridgehead atoms. The molecule has 1 aliphatic carbocycles. The van der Waals surface area contributed by atoms with Crippen molar-refractivity contribution in [1.29, 1.82) is 0 Å². The number of carbonyl (C=O) groups is 1. The summed E-state index contributed by atoms with van der Waals surface area (Å²) in [5.41, 5.74) is 1.15. The summed E-state index contributed by atoms with van der Waals surface area (Å²) in [6.07, 6.45) is 7.08. The Labute approximate surface area is 214 Å². The molecule has 15 heteroatoms. The van der Waals surface area contributed by atoms with Crippen LogP contribution in [0.15, 0.2) is 42.3 Å². The van der Waals surface area contributed by atoms with Gasteiger partial charge in [0.15, 0.2) is 5.82 Å². The molecule has 1 fully saturated rings. The molecule has 0 radical (unpaired) electrons. The highest BCUT2D eigenvalue weighted by atomic mass is 32.1. The smallest absolute Gasteiger partial charge is 0.346 e. The predicted octanol–water partition coefficient (Wildman–Crippen LogP) is 3.53. The zero-order valence-electron chi connectivity index (χ0n) is 19.6. The summed E-state index contributed by atoms with van der Waals surface area (Å²) in [6.45, 7) is 2.57. The number of halogens is 1. The number of thiazole rings is 1. The van der Waals surface area contributed by atoms with Crippen LogP contribution in [0.2, 0.25) is 0 Å². The van der Waals surface area contributed by atoms with Crippen molar-refractivity contribution in [1.82, 2.24) is 29.5 Å². The first-order valence-corrected chi connectivity index (χ1v) is 14.0. The lowest BCUT2D eigenvalue weighted by Gasteiger charge is -2.34. The van der Waals surface area contributed by atoms with Crippen molar-refractivity contribution in [2.24, 2.45) is 0 Å². The van der Waals surface area contributed by atoms with Crippen molar-refractivity contribution < 1.29 is 28.3 Å². The number of hydrogen-bond acceptors (Lipinski definition) is 8. The first-order chi connectivity index (χ1) is 17.7. The minimum atomic E-state index is -4.29. The molecular formula is C22H23FN7O5PS. The van der Waals surface area contributed by atoms with E-state index in [2.05, 4.69) is 25.5 Å². The van der Waals surface area contributed by atoms with Gasteiger partial charge in [0.2, 0.25) is 0 Å². The molecule has 0 saturated heterocycles. The molecule has 1 amide bonds. The average molecular weight is 548 g/mol. The second-order valence-electron chi connectivity index (χ2n) is 8.47. The maximum absolute atomic E-state index is 14.6. The molecule has 4 aromatic heterocycles. The second kappa shape index (κ2) is 10.2. The molecule has 0 unspecified atom stereocenters. The maximum atomic E-state index is 14.6. The third-order valence-corrected chi connectivity index (χ3v) is 7.31. The molecule has 0 aliphatic heterocycles. The average Bonchev–Trinajstić information content (AvgIpc) is 3.55. The Bertz CT molecular complexity index is 1480. The lowest BCUT2D eigenvalue weighted by atomic mass is 9.89. The molecule has 0 atom stereocenters. The van der Waals surface area contributed by atoms with Gasteiger partial charge in [0.1, 0.15) is 28.4 Å². The highest BCUT2D eigenvalue weighted by Crippen LogP contribution is 2.38. The number of amides is 1. The van der Waals surface area contributed by atoms with E-state index in [-0.39, 0.29) is 29.2 Å². The number of aromatic nitrogens is 6. The van der Waals surface area contributed by atoms with Gasteiger partial charge in [-0.2, -0.15) is 10.2 Å². The van der Waals surface area contributed by atoms with Crippen LogP contribution < -0.4 is 5.32 Å². The van der Waals surface area contributed by atoms with Crippen molar-refractivity contribution >= 4 is 30.5 Å². The molecule has 3 N–H and O–H groups in total. The molecule has 0 aromatic carbocycles. The minimum absolute atomic E-state index is 0.0219. The molecule has 4 aromatic rings. The molecule has 0 spiro atoms. The first kappa shape index (κ1) is 25.4. The fraction of sp³-hybridized carbons (Fsp3) is 0.318. The summed E-state index contributed by atoms with van der Waals surface area (Å²) in [5.74, 6) is -1.09. The van der Waals surface area contributed by atoms with Gasteiger partial charge in [-0.15, -0.1) is 11.3 Å². The van der Waals surface area contributed by atoms with E-state index in [0.29, 0.717) is 22.9 Å². The zero-order valence-corrected chi connectivity index (χ0v) is 21.3. The van der Waals surface area contributed by atoms with E-state index in [1.54, 1.807) is 16.3 Å². The standard InChI is InChI=1S/C22H23FN7O5PS/c1-2-35-15-6-14(7-15)30-10-17(20(28-30)19-16(23)4-3-5-24-19)26-21(31)18-11-37-22(27-18)13-8-25-29(9-13)12-36(32,33)34/h3-5,8-11,14-15H,2,6-7,12H2,1H3,(H,26,31)(H2,32,33,34). The van der Waals surface area contributed by atoms with Crippen LogP contribution in [0, 0.1) is 5.82 Å². The van der Waals surface area contributed by atoms with E-state index in [4.69, 9.17) is 14.5 Å². The number of nitrogens with zero attached hydrogens (tertiary/aromatic N) is 6. The van der Waals surface area contributed by atoms with Gasteiger partial charge in [-0.05, 0) is 31.9 Å². The molecule has 194 valence electrons. The van der Waals surface area contributed by atoms with Crippen LogP contribution in [0.3, 0.4) is 0 Å². The van der Waals surface area contributed by atoms with Crippen LogP contribution >= 0.6 is 18.9 Å². The molecule has 37 heavy (non-hydrogen) atoms. The Morgan fingerprint density at radius 1 is 1.32 bits per heavy atom. The Kier molecular flexibility index (Phi) is 7.01. The van der Waals surface area contributed by atoms with Crippen molar-refractivity contribution in [3.05, 3.63) is 53.8 Å². The number of rotatable bonds is 9. The van der Waals surface area contributed by atoms with Gasteiger partial charge in [-0.25, -0.2) is 9.37 Å². The van der Waals surface area contributed by atoms with Crippen LogP contribution in [-0.4, -0.2) is 57.9 Å². The Morgan fingerprint density at radius 2 is 2.14 bits per heavy atom. The van der Waals surface area contributed by atoms with E-state index in [9.17, 15) is 13.8 Å². The molecule has 5 rings (SSSR count). The molecule has 1 saturated carbocycles. The van der Waals surface area contributed by atoms with Crippen LogP contribution in [0.1, 0.15) is 36.3 Å². The highest BCUT2D eigenvalue weighted by molar-refractivity contribution is 7.50. The SMILES string of the molecule is CCOC1CC(n2cc(NC(=O)c3csc(-c4cnn(CP(=O)(O)O)c4)n3)c(-c3ncccc3F)n2)C1. The third-order valence-electron chi connectivity index (χ3n) is 5.76. The topological polar surface area (TPSA) is 157 Å². The lowest BCUT2D eigenvalue weighted by Crippen LogP contribution is -2.33. The maximum Gasteiger partial charge on any atom is 0.346 e. The van der Waals surface area contributed by atoms with E-state index in [0.717, 1.165) is 17.5 Å². The third kappa shape index (κ3) is 5.68. The van der Waals surface area contributed by atoms with Gasteiger partial charge >= 0.3 is 7.60 Å². The van der Waals surface area contributed by atoms with Gasteiger partial charge in [0.25, 0.3) is 5.91 Å². The highest BCUT2D eigenvalue weighted by Gasteiger charge is 2.33. The van der Waals surface area contributed by atoms with Crippen molar-refractivity contribution in [3.8, 4) is 22.0 Å². The first-order valence-electron chi connectivity index (χ1n) is 11.4. The fourth-order valence-electron chi connectivity index (χ4n) is 3.97. The molecule has 1 aliphatic rings. The van der Waals surface area contributed by atoms with E-state index >= 15 is 0 Å². The minimum Gasteiger partial charge on any atom is -0.378 e. The Hall–Kier alpha value is -3.29. The Morgan fingerprint density at radius 3 is 2.86 bits per heavy atom. The van der Waals surface area contributed by atoms with Crippen molar-refractivity contribution in [2.45, 2.75) is 38.2 Å². The normalized spacial score (nSPS) is 17.5. The molecule has 4 heterocycles. The summed E-state index contributed by atoms with van der Waals surface area (Å²) in [6, 6.07) is 2.81. The van der Waals surface area contributed by atoms with Gasteiger partial charge in [0, 0.05) is 36.1 Å². The fourth-order valence-corrected chi connectivity index (χ4v) is 5.28. The summed E-state index contributed by atoms with van der Waals surface area (Å²) in [4.78, 5) is 39.8.